The smallest absolute Gasteiger partial charge is 0.123 e. The van der Waals surface area contributed by atoms with Gasteiger partial charge in [-0.3, -0.25) is 0 Å². The van der Waals surface area contributed by atoms with Crippen LogP contribution in [0.5, 0.6) is 5.75 Å². The fraction of sp³-hybridized carbons (Fsp3) is 0.625. The van der Waals surface area contributed by atoms with Gasteiger partial charge in [0.15, 0.2) is 0 Å². The quantitative estimate of drug-likeness (QED) is 0.800. The number of hydrogen-bond acceptors (Lipinski definition) is 3. The summed E-state index contributed by atoms with van der Waals surface area (Å²) in [6.07, 6.45) is 5.58. The van der Waals surface area contributed by atoms with Gasteiger partial charge in [0.2, 0.25) is 0 Å². The first-order valence-electron chi connectivity index (χ1n) is 7.38. The van der Waals surface area contributed by atoms with Gasteiger partial charge < -0.3 is 15.4 Å². The Morgan fingerprint density at radius 3 is 2.74 bits per heavy atom. The molecule has 1 saturated carbocycles. The van der Waals surface area contributed by atoms with Crippen LogP contribution in [0.4, 0.5) is 5.69 Å². The average Bonchev–Trinajstić information content (AvgIpc) is 2.85. The number of nitrogens with two attached hydrogens (primary N) is 1. The van der Waals surface area contributed by atoms with Crippen molar-refractivity contribution in [3.05, 3.63) is 23.8 Å². The van der Waals surface area contributed by atoms with Crippen molar-refractivity contribution in [1.82, 2.24) is 4.90 Å². The maximum atomic E-state index is 5.89. The van der Waals surface area contributed by atoms with Crippen molar-refractivity contribution in [2.75, 3.05) is 25.9 Å². The lowest BCUT2D eigenvalue weighted by Gasteiger charge is -2.22. The van der Waals surface area contributed by atoms with E-state index in [9.17, 15) is 0 Å². The molecule has 0 bridgehead atoms. The van der Waals surface area contributed by atoms with Gasteiger partial charge in [-0.1, -0.05) is 12.8 Å². The van der Waals surface area contributed by atoms with Crippen LogP contribution < -0.4 is 10.5 Å². The van der Waals surface area contributed by atoms with Gasteiger partial charge in [-0.15, -0.1) is 0 Å². The fourth-order valence-corrected chi connectivity index (χ4v) is 3.01. The van der Waals surface area contributed by atoms with E-state index in [0.717, 1.165) is 23.9 Å². The molecule has 1 aromatic carbocycles. The highest BCUT2D eigenvalue weighted by molar-refractivity contribution is 5.47. The summed E-state index contributed by atoms with van der Waals surface area (Å²) >= 11 is 0. The minimum Gasteiger partial charge on any atom is -0.494 e. The van der Waals surface area contributed by atoms with Crippen molar-refractivity contribution >= 4 is 5.69 Å². The molecule has 1 fully saturated rings. The summed E-state index contributed by atoms with van der Waals surface area (Å²) in [5.74, 6) is 1.84. The second-order valence-electron chi connectivity index (χ2n) is 5.65. The average molecular weight is 262 g/mol. The summed E-state index contributed by atoms with van der Waals surface area (Å²) < 4.78 is 5.68. The highest BCUT2D eigenvalue weighted by atomic mass is 16.5. The molecule has 1 aliphatic carbocycles. The number of hydrogen-bond donors (Lipinski definition) is 1. The standard InChI is InChI=1S/C16H26N2O/c1-3-19-16-9-8-15(17)10-14(16)12-18(2)11-13-6-4-5-7-13/h8-10,13H,3-7,11-12,17H2,1-2H3. The fourth-order valence-electron chi connectivity index (χ4n) is 3.01. The van der Waals surface area contributed by atoms with Gasteiger partial charge in [-0.05, 0) is 50.9 Å². The SMILES string of the molecule is CCOc1ccc(N)cc1CN(C)CC1CCCC1. The van der Waals surface area contributed by atoms with Crippen molar-refractivity contribution in [3.63, 3.8) is 0 Å². The molecule has 1 aromatic rings. The molecule has 0 saturated heterocycles. The highest BCUT2D eigenvalue weighted by Gasteiger charge is 2.17. The van der Waals surface area contributed by atoms with Gasteiger partial charge in [-0.2, -0.15) is 0 Å². The van der Waals surface area contributed by atoms with Crippen LogP contribution in [0, 0.1) is 5.92 Å². The van der Waals surface area contributed by atoms with E-state index in [4.69, 9.17) is 10.5 Å². The lowest BCUT2D eigenvalue weighted by molar-refractivity contribution is 0.263. The molecule has 0 aromatic heterocycles. The maximum absolute atomic E-state index is 5.89. The van der Waals surface area contributed by atoms with Gasteiger partial charge in [0, 0.05) is 24.3 Å². The zero-order valence-corrected chi connectivity index (χ0v) is 12.2. The van der Waals surface area contributed by atoms with Gasteiger partial charge in [-0.25, -0.2) is 0 Å². The van der Waals surface area contributed by atoms with Crippen LogP contribution in [-0.2, 0) is 6.54 Å². The van der Waals surface area contributed by atoms with E-state index in [0.29, 0.717) is 6.61 Å². The van der Waals surface area contributed by atoms with Crippen LogP contribution in [0.1, 0.15) is 38.2 Å². The zero-order valence-electron chi connectivity index (χ0n) is 12.2. The second-order valence-corrected chi connectivity index (χ2v) is 5.65. The Morgan fingerprint density at radius 1 is 1.32 bits per heavy atom. The molecular weight excluding hydrogens is 236 g/mol. The molecule has 0 amide bonds. The molecule has 2 N–H and O–H groups in total. The van der Waals surface area contributed by atoms with E-state index >= 15 is 0 Å². The summed E-state index contributed by atoms with van der Waals surface area (Å²) in [6, 6.07) is 5.93. The Morgan fingerprint density at radius 2 is 2.05 bits per heavy atom. The Labute approximate surface area is 116 Å². The Bertz CT molecular complexity index is 400. The number of nitrogens with zero attached hydrogens (tertiary/aromatic N) is 1. The normalized spacial score (nSPS) is 16.2. The van der Waals surface area contributed by atoms with Gasteiger partial charge in [0.1, 0.15) is 5.75 Å². The maximum Gasteiger partial charge on any atom is 0.123 e. The predicted molar refractivity (Wildman–Crippen MR) is 80.3 cm³/mol. The molecule has 3 heteroatoms. The molecular formula is C16H26N2O. The summed E-state index contributed by atoms with van der Waals surface area (Å²) in [6.45, 7) is 4.81. The van der Waals surface area contributed by atoms with Crippen molar-refractivity contribution in [1.29, 1.82) is 0 Å². The number of ether oxygens (including phenoxy) is 1. The molecule has 0 atom stereocenters. The Kier molecular flexibility index (Phi) is 5.08. The molecule has 2 rings (SSSR count). The van der Waals surface area contributed by atoms with Gasteiger partial charge >= 0.3 is 0 Å². The van der Waals surface area contributed by atoms with Crippen LogP contribution in [0.25, 0.3) is 0 Å². The number of nitrogen functional groups attached to an aromatic ring is 1. The summed E-state index contributed by atoms with van der Waals surface area (Å²) in [5.41, 5.74) is 7.90. The van der Waals surface area contributed by atoms with E-state index < -0.39 is 0 Å². The van der Waals surface area contributed by atoms with Crippen molar-refractivity contribution in [2.45, 2.75) is 39.2 Å². The van der Waals surface area contributed by atoms with Crippen molar-refractivity contribution in [2.24, 2.45) is 5.92 Å². The molecule has 106 valence electrons. The lowest BCUT2D eigenvalue weighted by Crippen LogP contribution is -2.24. The predicted octanol–water partition coefficient (Wildman–Crippen LogP) is 3.29. The number of benzene rings is 1. The Balaban J connectivity index is 1.97. The van der Waals surface area contributed by atoms with Crippen LogP contribution in [-0.4, -0.2) is 25.1 Å². The number of anilines is 1. The summed E-state index contributed by atoms with van der Waals surface area (Å²) in [5, 5.41) is 0. The largest absolute Gasteiger partial charge is 0.494 e. The monoisotopic (exact) mass is 262 g/mol. The third kappa shape index (κ3) is 4.13. The van der Waals surface area contributed by atoms with E-state index in [1.54, 1.807) is 0 Å². The third-order valence-corrected chi connectivity index (χ3v) is 3.87. The van der Waals surface area contributed by atoms with Crippen LogP contribution in [0.3, 0.4) is 0 Å². The molecule has 0 radical (unpaired) electrons. The van der Waals surface area contributed by atoms with E-state index in [2.05, 4.69) is 11.9 Å². The molecule has 0 unspecified atom stereocenters. The van der Waals surface area contributed by atoms with E-state index in [1.165, 1.54) is 37.8 Å². The van der Waals surface area contributed by atoms with Crippen molar-refractivity contribution < 1.29 is 4.74 Å². The number of rotatable bonds is 6. The molecule has 1 aliphatic rings. The second kappa shape index (κ2) is 6.80. The zero-order chi connectivity index (χ0) is 13.7. The summed E-state index contributed by atoms with van der Waals surface area (Å²) in [7, 11) is 2.19. The Hall–Kier alpha value is -1.22. The van der Waals surface area contributed by atoms with Crippen LogP contribution >= 0.6 is 0 Å². The highest BCUT2D eigenvalue weighted by Crippen LogP contribution is 2.27. The van der Waals surface area contributed by atoms with E-state index in [1.807, 2.05) is 25.1 Å². The lowest BCUT2D eigenvalue weighted by atomic mass is 10.1. The first kappa shape index (κ1) is 14.2. The van der Waals surface area contributed by atoms with Crippen LogP contribution in [0.15, 0.2) is 18.2 Å². The van der Waals surface area contributed by atoms with Crippen LogP contribution in [0.2, 0.25) is 0 Å². The minimum absolute atomic E-state index is 0.698. The molecule has 3 nitrogen and oxygen atoms in total. The third-order valence-electron chi connectivity index (χ3n) is 3.87. The molecule has 0 spiro atoms. The summed E-state index contributed by atoms with van der Waals surface area (Å²) in [4.78, 5) is 2.40. The van der Waals surface area contributed by atoms with Gasteiger partial charge in [0.05, 0.1) is 6.61 Å². The van der Waals surface area contributed by atoms with E-state index in [-0.39, 0.29) is 0 Å². The van der Waals surface area contributed by atoms with Gasteiger partial charge in [0.25, 0.3) is 0 Å². The first-order chi connectivity index (χ1) is 9.19. The molecule has 19 heavy (non-hydrogen) atoms. The molecule has 0 aliphatic heterocycles. The minimum atomic E-state index is 0.698. The first-order valence-corrected chi connectivity index (χ1v) is 7.38. The van der Waals surface area contributed by atoms with Crippen molar-refractivity contribution in [3.8, 4) is 5.75 Å². The molecule has 0 heterocycles. The topological polar surface area (TPSA) is 38.5 Å².